The van der Waals surface area contributed by atoms with E-state index in [1.54, 1.807) is 26.0 Å². The molecule has 8 heteroatoms. The van der Waals surface area contributed by atoms with Gasteiger partial charge in [0.25, 0.3) is 0 Å². The summed E-state index contributed by atoms with van der Waals surface area (Å²) in [4.78, 5) is 17.6. The molecule has 0 radical (unpaired) electrons. The Bertz CT molecular complexity index is 969. The molecule has 0 spiro atoms. The number of anilines is 1. The molecule has 1 atom stereocenters. The Morgan fingerprint density at radius 3 is 2.80 bits per heavy atom. The number of ketones is 1. The Morgan fingerprint density at radius 2 is 2.03 bits per heavy atom. The van der Waals surface area contributed by atoms with Crippen LogP contribution in [0.25, 0.3) is 0 Å². The van der Waals surface area contributed by atoms with Gasteiger partial charge < -0.3 is 14.8 Å². The smallest absolute Gasteiger partial charge is 0.227 e. The Hall–Kier alpha value is -2.48. The fourth-order valence-corrected chi connectivity index (χ4v) is 4.87. The van der Waals surface area contributed by atoms with Crippen LogP contribution in [-0.4, -0.2) is 40.5 Å². The van der Waals surface area contributed by atoms with Crippen molar-refractivity contribution in [1.82, 2.24) is 14.8 Å². The van der Waals surface area contributed by atoms with Crippen molar-refractivity contribution in [3.8, 4) is 11.5 Å². The molecule has 0 saturated heterocycles. The molecule has 0 bridgehead atoms. The lowest BCUT2D eigenvalue weighted by atomic mass is 9.85. The fraction of sp³-hybridized carbons (Fsp3) is 0.500. The van der Waals surface area contributed by atoms with Crippen LogP contribution in [0, 0.1) is 0 Å². The van der Waals surface area contributed by atoms with Crippen LogP contribution in [0.5, 0.6) is 11.5 Å². The zero-order valence-electron chi connectivity index (χ0n) is 17.7. The number of nitrogens with one attached hydrogen (secondary N) is 1. The van der Waals surface area contributed by atoms with E-state index in [2.05, 4.69) is 12.2 Å². The van der Waals surface area contributed by atoms with Crippen LogP contribution in [0.4, 0.5) is 5.95 Å². The molecule has 2 aromatic rings. The van der Waals surface area contributed by atoms with Gasteiger partial charge >= 0.3 is 0 Å². The van der Waals surface area contributed by atoms with Crippen LogP contribution in [0.1, 0.15) is 57.1 Å². The number of ether oxygens (including phenoxy) is 2. The number of hydrogen-bond acceptors (Lipinski definition) is 7. The van der Waals surface area contributed by atoms with Crippen LogP contribution >= 0.6 is 11.8 Å². The molecule has 1 aliphatic carbocycles. The summed E-state index contributed by atoms with van der Waals surface area (Å²) < 4.78 is 12.8. The van der Waals surface area contributed by atoms with Gasteiger partial charge in [-0.2, -0.15) is 4.98 Å². The second-order valence-corrected chi connectivity index (χ2v) is 8.59. The van der Waals surface area contributed by atoms with Crippen LogP contribution < -0.4 is 14.8 Å². The van der Waals surface area contributed by atoms with Gasteiger partial charge in [-0.05, 0) is 37.0 Å². The number of allylic oxidation sites excluding steroid dienone is 2. The van der Waals surface area contributed by atoms with Crippen LogP contribution in [0.2, 0.25) is 0 Å². The van der Waals surface area contributed by atoms with Gasteiger partial charge in [0.2, 0.25) is 11.1 Å². The highest BCUT2D eigenvalue weighted by Gasteiger charge is 2.37. The number of nitrogens with zero attached hydrogens (tertiary/aromatic N) is 3. The number of benzene rings is 1. The lowest BCUT2D eigenvalue weighted by Gasteiger charge is -2.32. The first-order valence-electron chi connectivity index (χ1n) is 10.5. The van der Waals surface area contributed by atoms with Crippen molar-refractivity contribution >= 4 is 23.5 Å². The highest BCUT2D eigenvalue weighted by molar-refractivity contribution is 7.99. The quantitative estimate of drug-likeness (QED) is 0.486. The molecule has 1 aromatic carbocycles. The van der Waals surface area contributed by atoms with Crippen molar-refractivity contribution in [2.24, 2.45) is 0 Å². The Kier molecular flexibility index (Phi) is 6.32. The number of rotatable bonds is 8. The molecule has 0 saturated carbocycles. The molecule has 1 unspecified atom stereocenters. The van der Waals surface area contributed by atoms with Gasteiger partial charge in [-0.1, -0.05) is 37.6 Å². The molecule has 1 aliphatic heterocycles. The molecule has 160 valence electrons. The van der Waals surface area contributed by atoms with E-state index in [1.807, 2.05) is 22.9 Å². The number of carbonyl (C=O) groups is 1. The number of thioether (sulfide) groups is 1. The lowest BCUT2D eigenvalue weighted by molar-refractivity contribution is -0.116. The molecule has 0 amide bonds. The van der Waals surface area contributed by atoms with Crippen LogP contribution in [0.15, 0.2) is 34.6 Å². The maximum Gasteiger partial charge on any atom is 0.227 e. The topological polar surface area (TPSA) is 78.3 Å². The van der Waals surface area contributed by atoms with Gasteiger partial charge in [0.1, 0.15) is 6.04 Å². The molecular formula is C22H28N4O3S. The predicted octanol–water partition coefficient (Wildman–Crippen LogP) is 4.60. The van der Waals surface area contributed by atoms with E-state index in [4.69, 9.17) is 19.6 Å². The molecule has 7 nitrogen and oxygen atoms in total. The normalized spacial score (nSPS) is 18.0. The highest BCUT2D eigenvalue weighted by Crippen LogP contribution is 2.42. The molecule has 4 rings (SSSR count). The largest absolute Gasteiger partial charge is 0.493 e. The van der Waals surface area contributed by atoms with E-state index in [0.29, 0.717) is 23.9 Å². The average Bonchev–Trinajstić information content (AvgIpc) is 3.17. The van der Waals surface area contributed by atoms with Gasteiger partial charge in [0, 0.05) is 23.4 Å². The Balaban J connectivity index is 1.74. The minimum absolute atomic E-state index is 0.168. The summed E-state index contributed by atoms with van der Waals surface area (Å²) in [6.45, 7) is 2.20. The first-order chi connectivity index (χ1) is 14.7. The molecular weight excluding hydrogens is 400 g/mol. The number of hydrogen-bond donors (Lipinski definition) is 1. The summed E-state index contributed by atoms with van der Waals surface area (Å²) in [7, 11) is 3.23. The average molecular weight is 429 g/mol. The van der Waals surface area contributed by atoms with E-state index in [-0.39, 0.29) is 11.8 Å². The third-order valence-corrected chi connectivity index (χ3v) is 6.47. The number of carbonyl (C=O) groups excluding carboxylic acids is 1. The lowest BCUT2D eigenvalue weighted by Crippen LogP contribution is -2.31. The van der Waals surface area contributed by atoms with E-state index < -0.39 is 0 Å². The van der Waals surface area contributed by atoms with Gasteiger partial charge in [-0.15, -0.1) is 5.10 Å². The number of aromatic nitrogens is 3. The van der Waals surface area contributed by atoms with Crippen molar-refractivity contribution in [2.45, 2.75) is 56.6 Å². The summed E-state index contributed by atoms with van der Waals surface area (Å²) in [6, 6.07) is 5.46. The zero-order valence-corrected chi connectivity index (χ0v) is 18.6. The number of unbranched alkanes of at least 4 members (excludes halogenated alkanes) is 2. The summed E-state index contributed by atoms with van der Waals surface area (Å²) in [5, 5.41) is 8.90. The molecule has 30 heavy (non-hydrogen) atoms. The van der Waals surface area contributed by atoms with E-state index in [1.165, 1.54) is 12.8 Å². The number of fused-ring (bicyclic) bond motifs is 1. The summed E-state index contributed by atoms with van der Waals surface area (Å²) in [5.41, 5.74) is 2.69. The van der Waals surface area contributed by atoms with Crippen molar-refractivity contribution in [1.29, 1.82) is 0 Å². The first kappa shape index (κ1) is 20.8. The van der Waals surface area contributed by atoms with Crippen molar-refractivity contribution < 1.29 is 14.3 Å². The van der Waals surface area contributed by atoms with E-state index in [0.717, 1.165) is 47.0 Å². The monoisotopic (exact) mass is 428 g/mol. The Morgan fingerprint density at radius 1 is 1.20 bits per heavy atom. The van der Waals surface area contributed by atoms with Crippen LogP contribution in [0.3, 0.4) is 0 Å². The zero-order chi connectivity index (χ0) is 21.1. The standard InChI is InChI=1S/C22H28N4O3S/c1-4-5-6-12-30-22-24-21-23-15-8-7-9-16(27)19(15)20(26(21)25-22)14-10-11-17(28-2)18(13-14)29-3/h10-11,13,20H,4-9,12H2,1-3H3,(H,23,24,25). The molecule has 2 heterocycles. The highest BCUT2D eigenvalue weighted by atomic mass is 32.2. The maximum atomic E-state index is 12.9. The molecule has 2 aliphatic rings. The third kappa shape index (κ3) is 3.93. The molecule has 0 fully saturated rings. The molecule has 1 aromatic heterocycles. The minimum Gasteiger partial charge on any atom is -0.493 e. The van der Waals surface area contributed by atoms with Gasteiger partial charge in [0.05, 0.1) is 14.2 Å². The second kappa shape index (κ2) is 9.12. The molecule has 1 N–H and O–H groups in total. The first-order valence-corrected chi connectivity index (χ1v) is 11.5. The maximum absolute atomic E-state index is 12.9. The second-order valence-electron chi connectivity index (χ2n) is 7.53. The van der Waals surface area contributed by atoms with Crippen LogP contribution in [-0.2, 0) is 4.79 Å². The van der Waals surface area contributed by atoms with Crippen molar-refractivity contribution in [3.63, 3.8) is 0 Å². The fourth-order valence-electron chi connectivity index (χ4n) is 4.04. The van der Waals surface area contributed by atoms with Gasteiger partial charge in [-0.25, -0.2) is 4.68 Å². The predicted molar refractivity (Wildman–Crippen MR) is 117 cm³/mol. The minimum atomic E-state index is -0.318. The number of methoxy groups -OCH3 is 2. The number of Topliss-reactive ketones (excluding diaryl/α,β-unsaturated/α-hetero) is 1. The summed E-state index contributed by atoms with van der Waals surface area (Å²) in [5.74, 6) is 3.15. The van der Waals surface area contributed by atoms with Gasteiger partial charge in [-0.3, -0.25) is 4.79 Å². The summed E-state index contributed by atoms with van der Waals surface area (Å²) in [6.07, 6.45) is 5.80. The van der Waals surface area contributed by atoms with Crippen molar-refractivity contribution in [2.75, 3.05) is 25.3 Å². The SMILES string of the molecule is CCCCCSc1nc2n(n1)C(c1ccc(OC)c(OC)c1)C1=C(CCCC1=O)N2. The van der Waals surface area contributed by atoms with Gasteiger partial charge in [0.15, 0.2) is 17.3 Å². The third-order valence-electron chi connectivity index (χ3n) is 5.55. The van der Waals surface area contributed by atoms with E-state index >= 15 is 0 Å². The van der Waals surface area contributed by atoms with Crippen molar-refractivity contribution in [3.05, 3.63) is 35.0 Å². The van der Waals surface area contributed by atoms with E-state index in [9.17, 15) is 4.79 Å². The Labute approximate surface area is 181 Å². The summed E-state index contributed by atoms with van der Waals surface area (Å²) >= 11 is 1.67.